The summed E-state index contributed by atoms with van der Waals surface area (Å²) in [6.07, 6.45) is 0. The van der Waals surface area contributed by atoms with Crippen LogP contribution in [-0.4, -0.2) is 21.5 Å². The molecule has 0 fully saturated rings. The molecule has 0 amide bonds. The van der Waals surface area contributed by atoms with Crippen LogP contribution < -0.4 is 6.25 Å². The van der Waals surface area contributed by atoms with Gasteiger partial charge in [-0.25, -0.2) is 0 Å². The second-order valence-corrected chi connectivity index (χ2v) is 18.5. The van der Waals surface area contributed by atoms with Gasteiger partial charge in [0.2, 0.25) is 0 Å². The predicted octanol–water partition coefficient (Wildman–Crippen LogP) is 5.83. The van der Waals surface area contributed by atoms with Crippen LogP contribution in [0.4, 0.5) is 0 Å². The van der Waals surface area contributed by atoms with Gasteiger partial charge in [0.15, 0.2) is 0 Å². The van der Waals surface area contributed by atoms with E-state index in [-0.39, 0.29) is 0 Å². The Labute approximate surface area is 172 Å². The Kier molecular flexibility index (Phi) is 3.78. The maximum absolute atomic E-state index is 7.25. The van der Waals surface area contributed by atoms with Gasteiger partial charge in [0, 0.05) is 0 Å². The minimum atomic E-state index is -3.05. The first kappa shape index (κ1) is 16.6. The fraction of sp³-hybridized carbons (Fsp3) is 0. The summed E-state index contributed by atoms with van der Waals surface area (Å²) in [6.45, 7) is 0. The molecule has 2 aromatic heterocycles. The average molecular weight is 574 g/mol. The van der Waals surface area contributed by atoms with Gasteiger partial charge < -0.3 is 0 Å². The molecule has 28 heavy (non-hydrogen) atoms. The molecular formula is C24H14ClO2Tl. The fourth-order valence-electron chi connectivity index (χ4n) is 4.10. The zero-order valence-electron chi connectivity index (χ0n) is 14.9. The van der Waals surface area contributed by atoms with Crippen LogP contribution in [0.15, 0.2) is 93.8 Å². The topological polar surface area (TPSA) is 26.3 Å². The summed E-state index contributed by atoms with van der Waals surface area (Å²) in [7, 11) is 7.25. The Bertz CT molecular complexity index is 1380. The molecule has 0 bridgehead atoms. The van der Waals surface area contributed by atoms with Crippen LogP contribution in [-0.2, 0) is 0 Å². The number of para-hydroxylation sites is 4. The van der Waals surface area contributed by atoms with Gasteiger partial charge >= 0.3 is 174 Å². The molecule has 0 spiro atoms. The number of hydrogen-bond donors (Lipinski definition) is 0. The monoisotopic (exact) mass is 574 g/mol. The first-order valence-corrected chi connectivity index (χ1v) is 19.3. The molecular weight excluding hydrogens is 560 g/mol. The molecule has 4 aromatic carbocycles. The Morgan fingerprint density at radius 3 is 1.43 bits per heavy atom. The summed E-state index contributed by atoms with van der Waals surface area (Å²) in [5.74, 6) is 0. The molecule has 2 nitrogen and oxygen atoms in total. The molecule has 0 unspecified atom stereocenters. The molecule has 0 radical (unpaired) electrons. The van der Waals surface area contributed by atoms with E-state index < -0.39 is 21.5 Å². The van der Waals surface area contributed by atoms with Crippen molar-refractivity contribution in [2.24, 2.45) is 0 Å². The van der Waals surface area contributed by atoms with E-state index in [1.807, 2.05) is 36.4 Å². The van der Waals surface area contributed by atoms with Crippen LogP contribution in [0.5, 0.6) is 0 Å². The van der Waals surface area contributed by atoms with Crippen LogP contribution >= 0.6 is 8.32 Å². The summed E-state index contributed by atoms with van der Waals surface area (Å²) in [4.78, 5) is 0. The van der Waals surface area contributed by atoms with E-state index in [4.69, 9.17) is 17.2 Å². The van der Waals surface area contributed by atoms with E-state index in [9.17, 15) is 0 Å². The molecule has 4 heteroatoms. The molecule has 0 aliphatic carbocycles. The van der Waals surface area contributed by atoms with Crippen LogP contribution in [0.2, 0.25) is 0 Å². The summed E-state index contributed by atoms with van der Waals surface area (Å²) >= 11 is -3.05. The van der Waals surface area contributed by atoms with E-state index >= 15 is 0 Å². The second-order valence-electron chi connectivity index (χ2n) is 7.01. The van der Waals surface area contributed by atoms with Gasteiger partial charge in [-0.2, -0.15) is 0 Å². The number of furan rings is 2. The third kappa shape index (κ3) is 2.37. The molecule has 0 N–H and O–H groups in total. The second kappa shape index (κ2) is 6.36. The molecule has 6 rings (SSSR count). The van der Waals surface area contributed by atoms with E-state index in [0.717, 1.165) is 43.9 Å². The normalized spacial score (nSPS) is 11.8. The van der Waals surface area contributed by atoms with Crippen molar-refractivity contribution >= 4 is 79.9 Å². The van der Waals surface area contributed by atoms with Crippen LogP contribution in [0.3, 0.4) is 0 Å². The van der Waals surface area contributed by atoms with Crippen LogP contribution in [0.25, 0.3) is 43.9 Å². The Balaban J connectivity index is 1.62. The zero-order valence-corrected chi connectivity index (χ0v) is 20.1. The molecule has 132 valence electrons. The molecule has 0 saturated heterocycles. The van der Waals surface area contributed by atoms with Gasteiger partial charge in [0.1, 0.15) is 0 Å². The van der Waals surface area contributed by atoms with Crippen molar-refractivity contribution in [3.05, 3.63) is 84.9 Å². The summed E-state index contributed by atoms with van der Waals surface area (Å²) in [5, 5.41) is 4.54. The first-order valence-electron chi connectivity index (χ1n) is 9.25. The van der Waals surface area contributed by atoms with E-state index in [2.05, 4.69) is 48.5 Å². The van der Waals surface area contributed by atoms with Gasteiger partial charge in [0.25, 0.3) is 0 Å². The average Bonchev–Trinajstić information content (AvgIpc) is 3.31. The number of benzene rings is 4. The molecule has 0 saturated carbocycles. The number of fused-ring (bicyclic) bond motifs is 6. The quantitative estimate of drug-likeness (QED) is 0.244. The standard InChI is InChI=1S/2C12H7O.ClH.Tl/c2*1-3-7-11-9(5-1)10-6-2-4-8-12(10)13-11;;/h2*1-7H;1H;/q;;;+1/p-1. The van der Waals surface area contributed by atoms with E-state index in [1.54, 1.807) is 0 Å². The number of rotatable bonds is 2. The third-order valence-electron chi connectivity index (χ3n) is 5.42. The molecule has 0 aliphatic rings. The zero-order chi connectivity index (χ0) is 18.7. The first-order chi connectivity index (χ1) is 13.8. The van der Waals surface area contributed by atoms with Gasteiger partial charge in [-0.3, -0.25) is 0 Å². The van der Waals surface area contributed by atoms with Crippen molar-refractivity contribution in [3.63, 3.8) is 0 Å². The van der Waals surface area contributed by atoms with E-state index in [1.165, 1.54) is 6.25 Å². The Morgan fingerprint density at radius 2 is 0.929 bits per heavy atom. The van der Waals surface area contributed by atoms with Crippen LogP contribution in [0.1, 0.15) is 0 Å². The molecule has 2 heterocycles. The summed E-state index contributed by atoms with van der Waals surface area (Å²) < 4.78 is 14.8. The van der Waals surface area contributed by atoms with Gasteiger partial charge in [-0.05, 0) is 0 Å². The number of hydrogen-bond acceptors (Lipinski definition) is 2. The molecule has 0 atom stereocenters. The van der Waals surface area contributed by atoms with Gasteiger partial charge in [-0.15, -0.1) is 0 Å². The van der Waals surface area contributed by atoms with Crippen molar-refractivity contribution in [3.8, 4) is 0 Å². The summed E-state index contributed by atoms with van der Waals surface area (Å²) in [5.41, 5.74) is 3.67. The maximum atomic E-state index is 7.25. The number of halogens is 1. The molecule has 0 aliphatic heterocycles. The van der Waals surface area contributed by atoms with E-state index in [0.29, 0.717) is 0 Å². The van der Waals surface area contributed by atoms with Crippen molar-refractivity contribution in [1.82, 2.24) is 0 Å². The van der Waals surface area contributed by atoms with Crippen LogP contribution in [0, 0.1) is 0 Å². The van der Waals surface area contributed by atoms with Crippen molar-refractivity contribution in [2.45, 2.75) is 0 Å². The van der Waals surface area contributed by atoms with Crippen molar-refractivity contribution < 1.29 is 8.83 Å². The summed E-state index contributed by atoms with van der Waals surface area (Å²) in [6, 6.07) is 29.0. The van der Waals surface area contributed by atoms with Crippen molar-refractivity contribution in [2.75, 3.05) is 0 Å². The van der Waals surface area contributed by atoms with Gasteiger partial charge in [0.05, 0.1) is 0 Å². The van der Waals surface area contributed by atoms with Gasteiger partial charge in [-0.1, -0.05) is 0 Å². The van der Waals surface area contributed by atoms with Crippen molar-refractivity contribution in [1.29, 1.82) is 0 Å². The Morgan fingerprint density at radius 1 is 0.500 bits per heavy atom. The minimum absolute atomic E-state index is 0.907. The predicted molar refractivity (Wildman–Crippen MR) is 118 cm³/mol. The SMILES string of the molecule is [Cl][Tl]([c]1cccc2c1oc1ccccc12)[c]1cccc2c1oc1ccccc12. The molecule has 6 aromatic rings. The fourth-order valence-corrected chi connectivity index (χ4v) is 14.1. The Hall–Kier alpha value is -2.31. The third-order valence-corrected chi connectivity index (χ3v) is 17.3.